The van der Waals surface area contributed by atoms with Crippen molar-refractivity contribution in [3.05, 3.63) is 204 Å². The molecule has 1 unspecified atom stereocenters. The summed E-state index contributed by atoms with van der Waals surface area (Å²) >= 11 is 0. The summed E-state index contributed by atoms with van der Waals surface area (Å²) in [6, 6.07) is 54.2. The lowest BCUT2D eigenvalue weighted by Crippen LogP contribution is -1.95. The predicted octanol–water partition coefficient (Wildman–Crippen LogP) is 13.3. The van der Waals surface area contributed by atoms with Crippen LogP contribution in [0, 0.1) is 23.7 Å². The number of benzene rings is 8. The molecule has 0 amide bonds. The van der Waals surface area contributed by atoms with Crippen molar-refractivity contribution in [2.75, 3.05) is 0 Å². The maximum atomic E-state index is 3.79. The van der Waals surface area contributed by atoms with Gasteiger partial charge in [0.2, 0.25) is 0 Å². The van der Waals surface area contributed by atoms with Crippen LogP contribution in [0.1, 0.15) is 40.2 Å². The minimum absolute atomic E-state index is 0.453. The third-order valence-electron chi connectivity index (χ3n) is 11.3. The molecule has 0 fully saturated rings. The van der Waals surface area contributed by atoms with Crippen LogP contribution in [0.25, 0.3) is 76.3 Å². The van der Waals surface area contributed by atoms with E-state index < -0.39 is 0 Å². The second-order valence-electron chi connectivity index (χ2n) is 14.8. The van der Waals surface area contributed by atoms with Crippen molar-refractivity contribution in [2.45, 2.75) is 12.3 Å². The fourth-order valence-corrected chi connectivity index (χ4v) is 8.36. The van der Waals surface area contributed by atoms with Gasteiger partial charge in [0.1, 0.15) is 0 Å². The number of rotatable bonds is 2. The summed E-state index contributed by atoms with van der Waals surface area (Å²) < 4.78 is 0. The minimum atomic E-state index is 0.453. The van der Waals surface area contributed by atoms with E-state index in [0.717, 1.165) is 50.7 Å². The number of aromatic nitrogens is 2. The van der Waals surface area contributed by atoms with Gasteiger partial charge in [0, 0.05) is 71.5 Å². The van der Waals surface area contributed by atoms with Crippen molar-refractivity contribution >= 4 is 65.2 Å². The Labute approximate surface area is 324 Å². The fourth-order valence-electron chi connectivity index (χ4n) is 8.36. The molecule has 0 saturated heterocycles. The molecule has 8 aromatic carbocycles. The first-order chi connectivity index (χ1) is 27.7. The summed E-state index contributed by atoms with van der Waals surface area (Å²) in [5.74, 6) is 14.0. The third-order valence-corrected chi connectivity index (χ3v) is 11.3. The van der Waals surface area contributed by atoms with E-state index in [0.29, 0.717) is 5.92 Å². The van der Waals surface area contributed by atoms with Gasteiger partial charge in [-0.15, -0.1) is 0 Å². The molecular formula is C54H34N2. The molecule has 260 valence electrons. The predicted molar refractivity (Wildman–Crippen MR) is 236 cm³/mol. The zero-order valence-electron chi connectivity index (χ0n) is 30.5. The van der Waals surface area contributed by atoms with E-state index >= 15 is 0 Å². The first kappa shape index (κ1) is 32.0. The van der Waals surface area contributed by atoms with Crippen LogP contribution in [0.15, 0.2) is 176 Å². The molecule has 1 atom stereocenters. The molecule has 10 aromatic rings. The van der Waals surface area contributed by atoms with E-state index in [1.54, 1.807) is 0 Å². The number of hydrogen-bond acceptors (Lipinski definition) is 0. The Morgan fingerprint density at radius 2 is 0.911 bits per heavy atom. The highest BCUT2D eigenvalue weighted by atomic mass is 14.7. The molecule has 2 heterocycles. The third kappa shape index (κ3) is 5.65. The van der Waals surface area contributed by atoms with Crippen molar-refractivity contribution in [1.82, 2.24) is 9.97 Å². The van der Waals surface area contributed by atoms with Crippen LogP contribution in [-0.4, -0.2) is 9.97 Å². The molecule has 0 bridgehead atoms. The van der Waals surface area contributed by atoms with Gasteiger partial charge in [-0.3, -0.25) is 0 Å². The van der Waals surface area contributed by atoms with Crippen LogP contribution in [-0.2, 0) is 0 Å². The van der Waals surface area contributed by atoms with Crippen molar-refractivity contribution in [3.8, 4) is 34.8 Å². The molecule has 11 rings (SSSR count). The van der Waals surface area contributed by atoms with Crippen LogP contribution in [0.2, 0.25) is 0 Å². The lowest BCUT2D eigenvalue weighted by Gasteiger charge is -2.13. The van der Waals surface area contributed by atoms with Gasteiger partial charge in [0.05, 0.1) is 11.0 Å². The van der Waals surface area contributed by atoms with Gasteiger partial charge in [-0.25, -0.2) is 0 Å². The standard InChI is InChI=1S/C54H34N2/c1-3-7-39(8-4-1)41-21-15-35(16-22-41)11-13-37-19-27-45-43(31-37)25-29-47-49-33-52-50(34-51(49)55-53(45)47)48-30-26-44-32-38(20-28-46(44)54(48)56-52)14-12-36-17-23-42(24-18-36)40-9-5-2-6-10-40/h1-9,15-34,40,55-56H,10H2. The van der Waals surface area contributed by atoms with Gasteiger partial charge in [-0.05, 0) is 94.5 Å². The quantitative estimate of drug-likeness (QED) is 0.167. The molecule has 2 N–H and O–H groups in total. The van der Waals surface area contributed by atoms with Crippen LogP contribution in [0.3, 0.4) is 0 Å². The molecule has 0 spiro atoms. The number of hydrogen-bond donors (Lipinski definition) is 2. The normalized spacial score (nSPS) is 13.8. The molecule has 1 aliphatic carbocycles. The zero-order valence-corrected chi connectivity index (χ0v) is 30.5. The van der Waals surface area contributed by atoms with E-state index in [-0.39, 0.29) is 0 Å². The van der Waals surface area contributed by atoms with E-state index in [1.165, 1.54) is 59.8 Å². The van der Waals surface area contributed by atoms with Gasteiger partial charge in [-0.2, -0.15) is 0 Å². The Balaban J connectivity index is 0.884. The first-order valence-corrected chi connectivity index (χ1v) is 19.2. The topological polar surface area (TPSA) is 31.6 Å². The Bertz CT molecular complexity index is 3370. The zero-order chi connectivity index (χ0) is 37.0. The van der Waals surface area contributed by atoms with Gasteiger partial charge in [0.25, 0.3) is 0 Å². The van der Waals surface area contributed by atoms with Crippen molar-refractivity contribution in [3.63, 3.8) is 0 Å². The molecule has 56 heavy (non-hydrogen) atoms. The van der Waals surface area contributed by atoms with E-state index in [1.807, 2.05) is 6.07 Å². The van der Waals surface area contributed by atoms with Crippen LogP contribution >= 0.6 is 0 Å². The molecule has 0 saturated carbocycles. The van der Waals surface area contributed by atoms with Crippen LogP contribution in [0.5, 0.6) is 0 Å². The second-order valence-corrected chi connectivity index (χ2v) is 14.8. The molecule has 2 nitrogen and oxygen atoms in total. The largest absolute Gasteiger partial charge is 0.354 e. The summed E-state index contributed by atoms with van der Waals surface area (Å²) in [6.45, 7) is 0. The lowest BCUT2D eigenvalue weighted by molar-refractivity contribution is 0.853. The Morgan fingerprint density at radius 1 is 0.411 bits per heavy atom. The van der Waals surface area contributed by atoms with Crippen LogP contribution < -0.4 is 0 Å². The summed E-state index contributed by atoms with van der Waals surface area (Å²) in [6.07, 6.45) is 9.80. The van der Waals surface area contributed by atoms with Crippen LogP contribution in [0.4, 0.5) is 0 Å². The SMILES string of the molecule is C(#Cc1ccc2c(ccc3c4cc5[nH]c6c7ccc(C#Cc8ccc(C9C=CC=CC9)cc8)cc7ccc6c5cc4[nH]c23)c1)c1ccc(-c2ccccc2)cc1. The van der Waals surface area contributed by atoms with E-state index in [9.17, 15) is 0 Å². The summed E-state index contributed by atoms with van der Waals surface area (Å²) in [5.41, 5.74) is 12.4. The summed E-state index contributed by atoms with van der Waals surface area (Å²) in [4.78, 5) is 7.57. The molecule has 0 aliphatic heterocycles. The monoisotopic (exact) mass is 710 g/mol. The number of aromatic amines is 2. The van der Waals surface area contributed by atoms with Gasteiger partial charge < -0.3 is 9.97 Å². The van der Waals surface area contributed by atoms with Crippen molar-refractivity contribution in [2.24, 2.45) is 0 Å². The average Bonchev–Trinajstić information content (AvgIpc) is 3.82. The molecule has 0 radical (unpaired) electrons. The molecule has 1 aliphatic rings. The second kappa shape index (κ2) is 13.1. The number of H-pyrrole nitrogens is 2. The van der Waals surface area contributed by atoms with Crippen molar-refractivity contribution in [1.29, 1.82) is 0 Å². The number of nitrogens with one attached hydrogen (secondary N) is 2. The maximum Gasteiger partial charge on any atom is 0.0544 e. The van der Waals surface area contributed by atoms with Crippen molar-refractivity contribution < 1.29 is 0 Å². The summed E-state index contributed by atoms with van der Waals surface area (Å²) in [5, 5.41) is 9.61. The Kier molecular flexibility index (Phi) is 7.48. The number of fused-ring (bicyclic) bond motifs is 10. The van der Waals surface area contributed by atoms with E-state index in [2.05, 4.69) is 204 Å². The molecule has 2 heteroatoms. The van der Waals surface area contributed by atoms with E-state index in [4.69, 9.17) is 0 Å². The maximum absolute atomic E-state index is 3.79. The Morgan fingerprint density at radius 3 is 1.46 bits per heavy atom. The summed E-state index contributed by atoms with van der Waals surface area (Å²) in [7, 11) is 0. The number of allylic oxidation sites excluding steroid dienone is 4. The van der Waals surface area contributed by atoms with Gasteiger partial charge in [-0.1, -0.05) is 139 Å². The highest BCUT2D eigenvalue weighted by molar-refractivity contribution is 6.23. The highest BCUT2D eigenvalue weighted by Gasteiger charge is 2.14. The first-order valence-electron chi connectivity index (χ1n) is 19.2. The molecular weight excluding hydrogens is 677 g/mol. The fraction of sp³-hybridized carbons (Fsp3) is 0.0370. The lowest BCUT2D eigenvalue weighted by atomic mass is 9.92. The highest BCUT2D eigenvalue weighted by Crippen LogP contribution is 2.38. The Hall–Kier alpha value is -7.52. The molecule has 2 aromatic heterocycles. The van der Waals surface area contributed by atoms with Gasteiger partial charge in [0.15, 0.2) is 0 Å². The average molecular weight is 711 g/mol. The van der Waals surface area contributed by atoms with Gasteiger partial charge >= 0.3 is 0 Å². The minimum Gasteiger partial charge on any atom is -0.354 e. The smallest absolute Gasteiger partial charge is 0.0544 e.